The molecule has 0 fully saturated rings. The Kier molecular flexibility index (Phi) is 9.28. The summed E-state index contributed by atoms with van der Waals surface area (Å²) in [7, 11) is -1.25. The van der Waals surface area contributed by atoms with Gasteiger partial charge in [0.1, 0.15) is 6.73 Å². The minimum Gasteiger partial charge on any atom is -0.481 e. The smallest absolute Gasteiger partial charge is 0.303 e. The summed E-state index contributed by atoms with van der Waals surface area (Å²) in [5.74, 6) is -1.51. The third-order valence-corrected chi connectivity index (χ3v) is 7.96. The first-order chi connectivity index (χ1) is 19.1. The minimum absolute atomic E-state index is 0.0213. The number of aromatic nitrogens is 4. The lowest BCUT2D eigenvalue weighted by molar-refractivity contribution is -0.137. The summed E-state index contributed by atoms with van der Waals surface area (Å²) in [6, 6.07) is 17.0. The second-order valence-electron chi connectivity index (χ2n) is 10.7. The summed E-state index contributed by atoms with van der Waals surface area (Å²) < 4.78 is 23.7. The highest BCUT2D eigenvalue weighted by Crippen LogP contribution is 2.25. The van der Waals surface area contributed by atoms with E-state index in [1.165, 1.54) is 10.9 Å². The number of benzene rings is 2. The fourth-order valence-electron chi connectivity index (χ4n) is 4.03. The molecular weight excluding hydrogens is 529 g/mol. The number of carbonyl (C=O) groups is 2. The number of carbonyl (C=O) groups excluding carboxylic acids is 1. The number of para-hydroxylation sites is 1. The zero-order chi connectivity index (χ0) is 28.7. The van der Waals surface area contributed by atoms with Crippen molar-refractivity contribution in [1.29, 1.82) is 0 Å². The molecule has 0 aliphatic rings. The van der Waals surface area contributed by atoms with E-state index >= 15 is 4.39 Å². The molecule has 0 saturated heterocycles. The number of carboxylic acids is 1. The summed E-state index contributed by atoms with van der Waals surface area (Å²) in [5, 5.41) is 15.9. The molecule has 2 heterocycles. The molecule has 0 bridgehead atoms. The lowest BCUT2D eigenvalue weighted by Gasteiger charge is -2.15. The summed E-state index contributed by atoms with van der Waals surface area (Å²) in [5.41, 5.74) is 2.57. The molecule has 0 aliphatic carbocycles. The number of imidazole rings is 1. The number of ether oxygens (including phenoxy) is 1. The van der Waals surface area contributed by atoms with Gasteiger partial charge in [0.05, 0.1) is 17.5 Å². The summed E-state index contributed by atoms with van der Waals surface area (Å²) in [6.45, 7) is 7.33. The maximum absolute atomic E-state index is 15.1. The molecular formula is C29H34FN5O4Si. The van der Waals surface area contributed by atoms with Crippen LogP contribution in [-0.2, 0) is 22.7 Å². The van der Waals surface area contributed by atoms with Gasteiger partial charge >= 0.3 is 5.97 Å². The van der Waals surface area contributed by atoms with E-state index in [1.54, 1.807) is 35.0 Å². The fourth-order valence-corrected chi connectivity index (χ4v) is 4.79. The number of nitrogens with one attached hydrogen (secondary N) is 1. The maximum atomic E-state index is 15.1. The van der Waals surface area contributed by atoms with E-state index in [-0.39, 0.29) is 18.7 Å². The molecule has 0 atom stereocenters. The van der Waals surface area contributed by atoms with E-state index in [1.807, 2.05) is 30.3 Å². The van der Waals surface area contributed by atoms with E-state index in [4.69, 9.17) is 9.84 Å². The second-order valence-corrected chi connectivity index (χ2v) is 16.4. The lowest BCUT2D eigenvalue weighted by atomic mass is 10.1. The number of nitrogens with zero attached hydrogens (tertiary/aromatic N) is 4. The van der Waals surface area contributed by atoms with E-state index in [9.17, 15) is 9.59 Å². The molecule has 11 heteroatoms. The third kappa shape index (κ3) is 7.73. The molecule has 0 saturated carbocycles. The number of aliphatic carboxylic acids is 1. The number of halogens is 1. The zero-order valence-electron chi connectivity index (χ0n) is 22.9. The Labute approximate surface area is 233 Å². The number of aryl methyl sites for hydroxylation is 1. The highest BCUT2D eigenvalue weighted by atomic mass is 28.3. The molecule has 40 heavy (non-hydrogen) atoms. The van der Waals surface area contributed by atoms with Gasteiger partial charge in [0.15, 0.2) is 0 Å². The van der Waals surface area contributed by atoms with Crippen LogP contribution < -0.4 is 5.32 Å². The van der Waals surface area contributed by atoms with Crippen molar-refractivity contribution in [3.63, 3.8) is 0 Å². The molecule has 4 aromatic rings. The molecule has 0 unspecified atom stereocenters. The number of rotatable bonds is 13. The van der Waals surface area contributed by atoms with Crippen LogP contribution >= 0.6 is 0 Å². The molecule has 4 rings (SSSR count). The van der Waals surface area contributed by atoms with Gasteiger partial charge < -0.3 is 9.84 Å². The van der Waals surface area contributed by atoms with Gasteiger partial charge in [-0.25, -0.2) is 9.67 Å². The van der Waals surface area contributed by atoms with Crippen LogP contribution in [0.5, 0.6) is 0 Å². The highest BCUT2D eigenvalue weighted by Gasteiger charge is 2.18. The lowest BCUT2D eigenvalue weighted by Crippen LogP contribution is -2.22. The van der Waals surface area contributed by atoms with Crippen molar-refractivity contribution >= 4 is 25.9 Å². The molecule has 2 aromatic carbocycles. The van der Waals surface area contributed by atoms with Crippen molar-refractivity contribution in [2.45, 2.75) is 51.7 Å². The van der Waals surface area contributed by atoms with E-state index in [0.717, 1.165) is 11.7 Å². The van der Waals surface area contributed by atoms with Crippen molar-refractivity contribution < 1.29 is 23.8 Å². The van der Waals surface area contributed by atoms with Crippen molar-refractivity contribution in [3.05, 3.63) is 84.2 Å². The third-order valence-electron chi connectivity index (χ3n) is 6.26. The number of amides is 1. The van der Waals surface area contributed by atoms with Gasteiger partial charge in [-0.2, -0.15) is 9.49 Å². The number of carboxylic acid groups (broad SMARTS) is 1. The monoisotopic (exact) mass is 563 g/mol. The average molecular weight is 564 g/mol. The zero-order valence-corrected chi connectivity index (χ0v) is 23.9. The van der Waals surface area contributed by atoms with Crippen LogP contribution in [-0.4, -0.2) is 51.0 Å². The van der Waals surface area contributed by atoms with Gasteiger partial charge in [-0.1, -0.05) is 50.0 Å². The molecule has 210 valence electrons. The predicted octanol–water partition coefficient (Wildman–Crippen LogP) is 5.85. The number of hydrogen-bond donors (Lipinski definition) is 2. The van der Waals surface area contributed by atoms with Crippen molar-refractivity contribution in [2.24, 2.45) is 0 Å². The Morgan fingerprint density at radius 1 is 1.10 bits per heavy atom. The second kappa shape index (κ2) is 12.8. The van der Waals surface area contributed by atoms with Crippen molar-refractivity contribution in [3.8, 4) is 16.8 Å². The summed E-state index contributed by atoms with van der Waals surface area (Å²) >= 11 is 0. The summed E-state index contributed by atoms with van der Waals surface area (Å²) in [4.78, 5) is 28.7. The first kappa shape index (κ1) is 28.9. The number of anilines is 1. The van der Waals surface area contributed by atoms with Crippen LogP contribution in [0.2, 0.25) is 25.7 Å². The molecule has 0 radical (unpaired) electrons. The van der Waals surface area contributed by atoms with E-state index in [0.29, 0.717) is 42.2 Å². The quantitative estimate of drug-likeness (QED) is 0.156. The predicted molar refractivity (Wildman–Crippen MR) is 154 cm³/mol. The Bertz CT molecular complexity index is 1460. The standard InChI is InChI=1S/C29H34FN5O4Si/c1-40(2,3)16-15-39-20-35-27(30)25(18-31-35)21-9-7-10-22(17-21)28(38)33-29-32-23(11-8-14-26(36)37)19-34(29)24-12-5-4-6-13-24/h4-7,9-10,12-13,17-19H,8,11,14-16,20H2,1-3H3,(H,36,37)(H,32,33,38). The molecule has 1 amide bonds. The Hall–Kier alpha value is -4.09. The van der Waals surface area contributed by atoms with E-state index < -0.39 is 25.9 Å². The fraction of sp³-hybridized carbons (Fsp3) is 0.310. The van der Waals surface area contributed by atoms with Gasteiger partial charge in [-0.3, -0.25) is 19.5 Å². The first-order valence-corrected chi connectivity index (χ1v) is 16.9. The average Bonchev–Trinajstić information content (AvgIpc) is 3.49. The van der Waals surface area contributed by atoms with Gasteiger partial charge in [-0.05, 0) is 48.7 Å². The van der Waals surface area contributed by atoms with Crippen LogP contribution in [0.4, 0.5) is 10.3 Å². The number of hydrogen-bond acceptors (Lipinski definition) is 5. The van der Waals surface area contributed by atoms with E-state index in [2.05, 4.69) is 35.0 Å². The summed E-state index contributed by atoms with van der Waals surface area (Å²) in [6.07, 6.45) is 4.14. The van der Waals surface area contributed by atoms with Gasteiger partial charge in [0.2, 0.25) is 11.9 Å². The van der Waals surface area contributed by atoms with Crippen LogP contribution in [0, 0.1) is 5.95 Å². The Morgan fingerprint density at radius 2 is 1.88 bits per heavy atom. The van der Waals surface area contributed by atoms with Crippen molar-refractivity contribution in [2.75, 3.05) is 11.9 Å². The van der Waals surface area contributed by atoms with Crippen LogP contribution in [0.3, 0.4) is 0 Å². The Morgan fingerprint density at radius 3 is 2.60 bits per heavy atom. The molecule has 9 nitrogen and oxygen atoms in total. The molecule has 0 aliphatic heterocycles. The molecule has 0 spiro atoms. The van der Waals surface area contributed by atoms with Gasteiger partial charge in [0.25, 0.3) is 5.91 Å². The minimum atomic E-state index is -1.25. The molecule has 2 N–H and O–H groups in total. The van der Waals surface area contributed by atoms with Crippen molar-refractivity contribution in [1.82, 2.24) is 19.3 Å². The van der Waals surface area contributed by atoms with Crippen LogP contribution in [0.25, 0.3) is 16.8 Å². The van der Waals surface area contributed by atoms with Crippen LogP contribution in [0.1, 0.15) is 28.9 Å². The normalized spacial score (nSPS) is 11.5. The van der Waals surface area contributed by atoms with Crippen LogP contribution in [0.15, 0.2) is 67.0 Å². The Balaban J connectivity index is 1.50. The van der Waals surface area contributed by atoms with Gasteiger partial charge in [0, 0.05) is 38.5 Å². The first-order valence-electron chi connectivity index (χ1n) is 13.2. The highest BCUT2D eigenvalue weighted by molar-refractivity contribution is 6.76. The largest absolute Gasteiger partial charge is 0.481 e. The van der Waals surface area contributed by atoms with Gasteiger partial charge in [-0.15, -0.1) is 0 Å². The topological polar surface area (TPSA) is 111 Å². The maximum Gasteiger partial charge on any atom is 0.303 e. The SMILES string of the molecule is C[Si](C)(C)CCOCn1ncc(-c2cccc(C(=O)Nc3nc(CCCC(=O)O)cn3-c3ccccc3)c2)c1F. The molecule has 2 aromatic heterocycles.